The number of hydrogen-bond acceptors (Lipinski definition) is 4. The molecule has 4 nitrogen and oxygen atoms in total. The summed E-state index contributed by atoms with van der Waals surface area (Å²) in [5.41, 5.74) is 3.11. The van der Waals surface area contributed by atoms with Gasteiger partial charge in [0.2, 0.25) is 0 Å². The van der Waals surface area contributed by atoms with Crippen LogP contribution in [0.15, 0.2) is 30.6 Å². The Balaban J connectivity index is 2.19. The number of aryl methyl sites for hydroxylation is 1. The van der Waals surface area contributed by atoms with Crippen LogP contribution in [0.3, 0.4) is 0 Å². The van der Waals surface area contributed by atoms with Crippen molar-refractivity contribution in [1.29, 1.82) is 0 Å². The standard InChI is InChI=1S/C15H17ClN2O2/c1-10-4-5-17-8-11(10)9-18-13-7-15(20-3)14(19-2)6-12(13)16/h4-8,18H,9H2,1-3H3. The number of halogens is 1. The van der Waals surface area contributed by atoms with Gasteiger partial charge in [-0.1, -0.05) is 11.6 Å². The maximum absolute atomic E-state index is 6.23. The van der Waals surface area contributed by atoms with Crippen LogP contribution in [-0.4, -0.2) is 19.2 Å². The van der Waals surface area contributed by atoms with E-state index in [2.05, 4.69) is 17.2 Å². The van der Waals surface area contributed by atoms with Crippen molar-refractivity contribution in [1.82, 2.24) is 4.98 Å². The van der Waals surface area contributed by atoms with Crippen molar-refractivity contribution in [2.24, 2.45) is 0 Å². The summed E-state index contributed by atoms with van der Waals surface area (Å²) in [5.74, 6) is 1.25. The van der Waals surface area contributed by atoms with Gasteiger partial charge in [-0.2, -0.15) is 0 Å². The van der Waals surface area contributed by atoms with Crippen molar-refractivity contribution >= 4 is 17.3 Å². The lowest BCUT2D eigenvalue weighted by Crippen LogP contribution is -2.03. The molecule has 0 saturated heterocycles. The van der Waals surface area contributed by atoms with Crippen LogP contribution >= 0.6 is 11.6 Å². The van der Waals surface area contributed by atoms with Crippen molar-refractivity contribution in [2.75, 3.05) is 19.5 Å². The average molecular weight is 293 g/mol. The Labute approximate surface area is 123 Å². The third-order valence-electron chi connectivity index (χ3n) is 3.09. The van der Waals surface area contributed by atoms with Gasteiger partial charge in [0.1, 0.15) is 0 Å². The highest BCUT2D eigenvalue weighted by Crippen LogP contribution is 2.36. The first-order valence-electron chi connectivity index (χ1n) is 6.20. The summed E-state index contributed by atoms with van der Waals surface area (Å²) in [6.07, 6.45) is 3.62. The average Bonchev–Trinajstić information content (AvgIpc) is 2.47. The number of nitrogens with one attached hydrogen (secondary N) is 1. The molecule has 2 aromatic rings. The minimum absolute atomic E-state index is 0.587. The summed E-state index contributed by atoms with van der Waals surface area (Å²) in [4.78, 5) is 4.12. The Hall–Kier alpha value is -1.94. The van der Waals surface area contributed by atoms with E-state index in [9.17, 15) is 0 Å². The highest BCUT2D eigenvalue weighted by molar-refractivity contribution is 6.33. The highest BCUT2D eigenvalue weighted by atomic mass is 35.5. The van der Waals surface area contributed by atoms with E-state index in [1.165, 1.54) is 5.56 Å². The summed E-state index contributed by atoms with van der Waals surface area (Å²) in [6.45, 7) is 2.70. The Morgan fingerprint density at radius 1 is 1.20 bits per heavy atom. The number of benzene rings is 1. The van der Waals surface area contributed by atoms with Crippen molar-refractivity contribution in [3.63, 3.8) is 0 Å². The molecule has 0 bridgehead atoms. The lowest BCUT2D eigenvalue weighted by molar-refractivity contribution is 0.355. The van der Waals surface area contributed by atoms with Crippen molar-refractivity contribution in [3.8, 4) is 11.5 Å². The van der Waals surface area contributed by atoms with Crippen LogP contribution in [0.25, 0.3) is 0 Å². The predicted octanol–water partition coefficient (Wildman–Crippen LogP) is 3.67. The molecule has 0 atom stereocenters. The number of rotatable bonds is 5. The molecule has 5 heteroatoms. The summed E-state index contributed by atoms with van der Waals surface area (Å²) in [6, 6.07) is 5.54. The molecular formula is C15H17ClN2O2. The first-order chi connectivity index (χ1) is 9.65. The Bertz CT molecular complexity index is 602. The topological polar surface area (TPSA) is 43.4 Å². The van der Waals surface area contributed by atoms with Gasteiger partial charge in [0.25, 0.3) is 0 Å². The monoisotopic (exact) mass is 292 g/mol. The molecule has 1 aromatic heterocycles. The fraction of sp³-hybridized carbons (Fsp3) is 0.267. The molecule has 0 unspecified atom stereocenters. The van der Waals surface area contributed by atoms with E-state index in [1.54, 1.807) is 26.5 Å². The predicted molar refractivity (Wildman–Crippen MR) is 80.9 cm³/mol. The fourth-order valence-electron chi connectivity index (χ4n) is 1.86. The molecule has 0 saturated carbocycles. The molecule has 1 aromatic carbocycles. The molecule has 0 aliphatic carbocycles. The van der Waals surface area contributed by atoms with Gasteiger partial charge < -0.3 is 14.8 Å². The Morgan fingerprint density at radius 3 is 2.55 bits per heavy atom. The second-order valence-corrected chi connectivity index (χ2v) is 4.75. The van der Waals surface area contributed by atoms with Gasteiger partial charge in [-0.05, 0) is 24.1 Å². The molecule has 2 rings (SSSR count). The van der Waals surface area contributed by atoms with Crippen LogP contribution in [0, 0.1) is 6.92 Å². The maximum atomic E-state index is 6.23. The SMILES string of the molecule is COc1cc(Cl)c(NCc2cnccc2C)cc1OC. The Kier molecular flexibility index (Phi) is 4.69. The van der Waals surface area contributed by atoms with Gasteiger partial charge in [-0.15, -0.1) is 0 Å². The molecule has 0 aliphatic heterocycles. The quantitative estimate of drug-likeness (QED) is 0.913. The van der Waals surface area contributed by atoms with Gasteiger partial charge in [0.05, 0.1) is 24.9 Å². The molecule has 0 radical (unpaired) electrons. The zero-order valence-electron chi connectivity index (χ0n) is 11.7. The van der Waals surface area contributed by atoms with Crippen molar-refractivity contribution < 1.29 is 9.47 Å². The summed E-state index contributed by atoms with van der Waals surface area (Å²) < 4.78 is 10.5. The number of hydrogen-bond donors (Lipinski definition) is 1. The van der Waals surface area contributed by atoms with Gasteiger partial charge in [0, 0.05) is 31.1 Å². The fourth-order valence-corrected chi connectivity index (χ4v) is 2.08. The molecule has 1 heterocycles. The van der Waals surface area contributed by atoms with Crippen LogP contribution in [0.4, 0.5) is 5.69 Å². The first kappa shape index (κ1) is 14.5. The number of aromatic nitrogens is 1. The van der Waals surface area contributed by atoms with Crippen LogP contribution in [-0.2, 0) is 6.54 Å². The van der Waals surface area contributed by atoms with Gasteiger partial charge >= 0.3 is 0 Å². The van der Waals surface area contributed by atoms with E-state index in [-0.39, 0.29) is 0 Å². The zero-order valence-corrected chi connectivity index (χ0v) is 12.5. The summed E-state index contributed by atoms with van der Waals surface area (Å²) >= 11 is 6.23. The van der Waals surface area contributed by atoms with E-state index in [0.29, 0.717) is 23.1 Å². The number of methoxy groups -OCH3 is 2. The lowest BCUT2D eigenvalue weighted by atomic mass is 10.1. The van der Waals surface area contributed by atoms with Gasteiger partial charge in [-0.25, -0.2) is 0 Å². The minimum Gasteiger partial charge on any atom is -0.493 e. The second-order valence-electron chi connectivity index (χ2n) is 4.34. The highest BCUT2D eigenvalue weighted by Gasteiger charge is 2.10. The normalized spacial score (nSPS) is 10.2. The maximum Gasteiger partial charge on any atom is 0.162 e. The summed E-state index contributed by atoms with van der Waals surface area (Å²) in [5, 5.41) is 3.88. The van der Waals surface area contributed by atoms with Crippen LogP contribution in [0.1, 0.15) is 11.1 Å². The molecule has 0 aliphatic rings. The molecule has 0 spiro atoms. The van der Waals surface area contributed by atoms with E-state index >= 15 is 0 Å². The smallest absolute Gasteiger partial charge is 0.162 e. The van der Waals surface area contributed by atoms with Gasteiger partial charge in [0.15, 0.2) is 11.5 Å². The largest absolute Gasteiger partial charge is 0.493 e. The van der Waals surface area contributed by atoms with E-state index in [0.717, 1.165) is 11.3 Å². The first-order valence-corrected chi connectivity index (χ1v) is 6.58. The molecular weight excluding hydrogens is 276 g/mol. The third-order valence-corrected chi connectivity index (χ3v) is 3.40. The number of pyridine rings is 1. The second kappa shape index (κ2) is 6.48. The molecule has 0 fully saturated rings. The van der Waals surface area contributed by atoms with E-state index in [1.807, 2.05) is 18.3 Å². The van der Waals surface area contributed by atoms with E-state index in [4.69, 9.17) is 21.1 Å². The number of nitrogens with zero attached hydrogens (tertiary/aromatic N) is 1. The van der Waals surface area contributed by atoms with Crippen molar-refractivity contribution in [3.05, 3.63) is 46.7 Å². The minimum atomic E-state index is 0.587. The molecule has 106 valence electrons. The third kappa shape index (κ3) is 3.14. The van der Waals surface area contributed by atoms with Gasteiger partial charge in [-0.3, -0.25) is 4.98 Å². The zero-order chi connectivity index (χ0) is 14.5. The molecule has 20 heavy (non-hydrogen) atoms. The van der Waals surface area contributed by atoms with E-state index < -0.39 is 0 Å². The van der Waals surface area contributed by atoms with Crippen LogP contribution in [0.5, 0.6) is 11.5 Å². The number of anilines is 1. The number of ether oxygens (including phenoxy) is 2. The lowest BCUT2D eigenvalue weighted by Gasteiger charge is -2.14. The molecule has 0 amide bonds. The van der Waals surface area contributed by atoms with Crippen LogP contribution < -0.4 is 14.8 Å². The molecule has 1 N–H and O–H groups in total. The van der Waals surface area contributed by atoms with Crippen molar-refractivity contribution in [2.45, 2.75) is 13.5 Å². The Morgan fingerprint density at radius 2 is 1.90 bits per heavy atom. The summed E-state index contributed by atoms with van der Waals surface area (Å²) in [7, 11) is 3.18. The van der Waals surface area contributed by atoms with Crippen LogP contribution in [0.2, 0.25) is 5.02 Å².